The second-order valence-corrected chi connectivity index (χ2v) is 3.81. The average molecular weight is 216 g/mol. The number of benzene rings is 1. The van der Waals surface area contributed by atoms with Crippen LogP contribution in [0.5, 0.6) is 0 Å². The molecule has 0 N–H and O–H groups in total. The minimum absolute atomic E-state index is 0.373. The van der Waals surface area contributed by atoms with E-state index in [0.29, 0.717) is 22.6 Å². The van der Waals surface area contributed by atoms with Gasteiger partial charge in [0.05, 0.1) is 16.5 Å². The number of rotatable bonds is 1. The Morgan fingerprint density at radius 2 is 2.13 bits per heavy atom. The third-order valence-electron chi connectivity index (χ3n) is 2.18. The van der Waals surface area contributed by atoms with Gasteiger partial charge in [-0.05, 0) is 12.1 Å². The Kier molecular flexibility index (Phi) is 1.72. The Labute approximate surface area is 89.4 Å². The number of aromatic nitrogens is 3. The zero-order chi connectivity index (χ0) is 10.3. The van der Waals surface area contributed by atoms with Crippen molar-refractivity contribution in [1.82, 2.24) is 14.7 Å². The average Bonchev–Trinajstić information content (AvgIpc) is 2.87. The second kappa shape index (κ2) is 3.06. The number of nitrogens with zero attached hydrogens (tertiary/aromatic N) is 3. The van der Waals surface area contributed by atoms with E-state index in [9.17, 15) is 5.21 Å². The minimum Gasteiger partial charge on any atom is -0.804 e. The fourth-order valence-corrected chi connectivity index (χ4v) is 2.02. The number of hydrogen-bond acceptors (Lipinski definition) is 4. The molecule has 3 aromatic rings. The van der Waals surface area contributed by atoms with E-state index in [1.54, 1.807) is 11.6 Å². The van der Waals surface area contributed by atoms with Crippen LogP contribution in [-0.4, -0.2) is 14.7 Å². The molecule has 0 saturated heterocycles. The Bertz CT molecular complexity index is 600. The van der Waals surface area contributed by atoms with Crippen LogP contribution >= 0.6 is 11.3 Å². The first-order chi connectivity index (χ1) is 7.36. The van der Waals surface area contributed by atoms with Crippen molar-refractivity contribution in [2.24, 2.45) is 0 Å². The lowest BCUT2D eigenvalue weighted by Gasteiger charge is -2.09. The lowest BCUT2D eigenvalue weighted by atomic mass is 10.3. The maximum absolute atomic E-state index is 11.8. The predicted molar refractivity (Wildman–Crippen MR) is 59.6 cm³/mol. The van der Waals surface area contributed by atoms with Gasteiger partial charge in [-0.1, -0.05) is 12.1 Å². The van der Waals surface area contributed by atoms with Gasteiger partial charge >= 0.3 is 0 Å². The normalized spacial score (nSPS) is 10.9. The SMILES string of the molecule is [O-]n1c(-c2cscn2)nc2ccccc21. The Morgan fingerprint density at radius 1 is 1.27 bits per heavy atom. The Morgan fingerprint density at radius 3 is 2.87 bits per heavy atom. The van der Waals surface area contributed by atoms with E-state index < -0.39 is 0 Å². The quantitative estimate of drug-likeness (QED) is 0.628. The van der Waals surface area contributed by atoms with Crippen LogP contribution in [0.15, 0.2) is 35.2 Å². The van der Waals surface area contributed by atoms with Crippen LogP contribution in [0, 0.1) is 5.21 Å². The molecule has 1 aromatic carbocycles. The van der Waals surface area contributed by atoms with Gasteiger partial charge in [-0.15, -0.1) is 11.3 Å². The second-order valence-electron chi connectivity index (χ2n) is 3.09. The monoisotopic (exact) mass is 216 g/mol. The molecule has 0 aliphatic carbocycles. The lowest BCUT2D eigenvalue weighted by Crippen LogP contribution is -1.90. The molecule has 0 aliphatic heterocycles. The summed E-state index contributed by atoms with van der Waals surface area (Å²) in [6.45, 7) is 0. The molecule has 0 saturated carbocycles. The molecule has 2 heterocycles. The van der Waals surface area contributed by atoms with E-state index >= 15 is 0 Å². The van der Waals surface area contributed by atoms with Crippen LogP contribution in [0.2, 0.25) is 0 Å². The van der Waals surface area contributed by atoms with Gasteiger partial charge in [0, 0.05) is 5.38 Å². The lowest BCUT2D eigenvalue weighted by molar-refractivity contribution is 1.11. The van der Waals surface area contributed by atoms with Crippen LogP contribution in [0.1, 0.15) is 0 Å². The highest BCUT2D eigenvalue weighted by atomic mass is 32.1. The summed E-state index contributed by atoms with van der Waals surface area (Å²) in [7, 11) is 0. The molecule has 0 amide bonds. The van der Waals surface area contributed by atoms with Crippen molar-refractivity contribution in [3.05, 3.63) is 40.4 Å². The van der Waals surface area contributed by atoms with Gasteiger partial charge in [0.1, 0.15) is 5.69 Å². The van der Waals surface area contributed by atoms with Crippen molar-refractivity contribution in [3.8, 4) is 11.5 Å². The molecule has 74 valence electrons. The molecule has 0 radical (unpaired) electrons. The van der Waals surface area contributed by atoms with Gasteiger partial charge in [-0.25, -0.2) is 9.97 Å². The molecule has 0 aliphatic rings. The van der Waals surface area contributed by atoms with E-state index in [4.69, 9.17) is 0 Å². The first-order valence-corrected chi connectivity index (χ1v) is 5.34. The molecular formula is C10H6N3OS-. The van der Waals surface area contributed by atoms with E-state index in [0.717, 1.165) is 4.73 Å². The highest BCUT2D eigenvalue weighted by molar-refractivity contribution is 7.07. The smallest absolute Gasteiger partial charge is 0.155 e. The number of imidazole rings is 1. The van der Waals surface area contributed by atoms with Gasteiger partial charge in [-0.2, -0.15) is 0 Å². The molecule has 0 atom stereocenters. The number of thiazole rings is 1. The van der Waals surface area contributed by atoms with Crippen molar-refractivity contribution >= 4 is 22.4 Å². The number of para-hydroxylation sites is 2. The predicted octanol–water partition coefficient (Wildman–Crippen LogP) is 2.51. The molecule has 0 spiro atoms. The van der Waals surface area contributed by atoms with Crippen LogP contribution in [0.4, 0.5) is 0 Å². The Balaban J connectivity index is 2.33. The molecule has 0 unspecified atom stereocenters. The molecule has 4 nitrogen and oxygen atoms in total. The fourth-order valence-electron chi connectivity index (χ4n) is 1.49. The zero-order valence-electron chi connectivity index (χ0n) is 7.62. The molecule has 5 heteroatoms. The molecule has 0 bridgehead atoms. The highest BCUT2D eigenvalue weighted by Gasteiger charge is 2.07. The third kappa shape index (κ3) is 1.20. The van der Waals surface area contributed by atoms with E-state index in [1.165, 1.54) is 11.3 Å². The summed E-state index contributed by atoms with van der Waals surface area (Å²) in [4.78, 5) is 8.33. The summed E-state index contributed by atoms with van der Waals surface area (Å²) in [5.41, 5.74) is 3.61. The highest BCUT2D eigenvalue weighted by Crippen LogP contribution is 2.23. The molecular weight excluding hydrogens is 210 g/mol. The molecule has 3 rings (SSSR count). The number of fused-ring (bicyclic) bond motifs is 1. The van der Waals surface area contributed by atoms with Crippen molar-refractivity contribution in [2.45, 2.75) is 0 Å². The maximum Gasteiger partial charge on any atom is 0.155 e. The largest absolute Gasteiger partial charge is 0.804 e. The maximum atomic E-state index is 11.8. The molecule has 0 fully saturated rings. The van der Waals surface area contributed by atoms with Crippen molar-refractivity contribution in [1.29, 1.82) is 0 Å². The summed E-state index contributed by atoms with van der Waals surface area (Å²) in [6, 6.07) is 7.26. The minimum atomic E-state index is 0.373. The summed E-state index contributed by atoms with van der Waals surface area (Å²) in [5.74, 6) is 0.373. The Hall–Kier alpha value is -1.88. The first kappa shape index (κ1) is 8.43. The van der Waals surface area contributed by atoms with Crippen LogP contribution < -0.4 is 0 Å². The summed E-state index contributed by atoms with van der Waals surface area (Å²) in [5, 5.41) is 13.7. The van der Waals surface area contributed by atoms with Crippen LogP contribution in [-0.2, 0) is 0 Å². The third-order valence-corrected chi connectivity index (χ3v) is 2.77. The van der Waals surface area contributed by atoms with Gasteiger partial charge < -0.3 is 9.94 Å². The van der Waals surface area contributed by atoms with Gasteiger partial charge in [0.2, 0.25) is 0 Å². The van der Waals surface area contributed by atoms with E-state index in [2.05, 4.69) is 9.97 Å². The zero-order valence-corrected chi connectivity index (χ0v) is 8.44. The fraction of sp³-hybridized carbons (Fsp3) is 0. The topological polar surface area (TPSA) is 53.8 Å². The standard InChI is InChI=1S/C10H6N3OS/c14-13-9-4-2-1-3-7(9)12-10(13)8-5-15-6-11-8/h1-6H/q-1. The molecule has 2 aromatic heterocycles. The van der Waals surface area contributed by atoms with E-state index in [-0.39, 0.29) is 0 Å². The van der Waals surface area contributed by atoms with Gasteiger partial charge in [0.15, 0.2) is 5.82 Å². The van der Waals surface area contributed by atoms with Crippen molar-refractivity contribution < 1.29 is 0 Å². The van der Waals surface area contributed by atoms with Crippen LogP contribution in [0.3, 0.4) is 0 Å². The number of hydrogen-bond donors (Lipinski definition) is 0. The van der Waals surface area contributed by atoms with Gasteiger partial charge in [-0.3, -0.25) is 0 Å². The van der Waals surface area contributed by atoms with Gasteiger partial charge in [0.25, 0.3) is 0 Å². The summed E-state index contributed by atoms with van der Waals surface area (Å²) in [6.07, 6.45) is 0. The van der Waals surface area contributed by atoms with Crippen molar-refractivity contribution in [2.75, 3.05) is 0 Å². The first-order valence-electron chi connectivity index (χ1n) is 4.40. The van der Waals surface area contributed by atoms with Crippen molar-refractivity contribution in [3.63, 3.8) is 0 Å². The summed E-state index contributed by atoms with van der Waals surface area (Å²) >= 11 is 1.45. The molecule has 15 heavy (non-hydrogen) atoms. The summed E-state index contributed by atoms with van der Waals surface area (Å²) < 4.78 is 0.824. The van der Waals surface area contributed by atoms with E-state index in [1.807, 2.05) is 23.6 Å². The van der Waals surface area contributed by atoms with Crippen LogP contribution in [0.25, 0.3) is 22.6 Å².